The zero-order valence-corrected chi connectivity index (χ0v) is 18.3. The van der Waals surface area contributed by atoms with Crippen molar-refractivity contribution in [3.8, 4) is 0 Å². The van der Waals surface area contributed by atoms with E-state index in [1.807, 2.05) is 13.8 Å². The van der Waals surface area contributed by atoms with Crippen molar-refractivity contribution in [2.24, 2.45) is 0 Å². The highest BCUT2D eigenvalue weighted by molar-refractivity contribution is 7.98. The van der Waals surface area contributed by atoms with Crippen LogP contribution in [0.2, 0.25) is 0 Å². The number of aromatic nitrogens is 8. The van der Waals surface area contributed by atoms with Crippen LogP contribution in [0.15, 0.2) is 14.7 Å². The van der Waals surface area contributed by atoms with Gasteiger partial charge in [0.2, 0.25) is 5.16 Å². The van der Waals surface area contributed by atoms with Crippen LogP contribution in [0.1, 0.15) is 49.5 Å². The molecule has 0 aliphatic heterocycles. The molecule has 0 atom stereocenters. The summed E-state index contributed by atoms with van der Waals surface area (Å²) in [5, 5.41) is 5.21. The Morgan fingerprint density at radius 3 is 2.60 bits per heavy atom. The van der Waals surface area contributed by atoms with Crippen molar-refractivity contribution >= 4 is 28.7 Å². The summed E-state index contributed by atoms with van der Waals surface area (Å²) in [7, 11) is 0. The first-order valence-corrected chi connectivity index (χ1v) is 11.0. The maximum Gasteiger partial charge on any atom is 0.327 e. The van der Waals surface area contributed by atoms with Gasteiger partial charge in [-0.3, -0.25) is 14.8 Å². The summed E-state index contributed by atoms with van der Waals surface area (Å²) in [5.41, 5.74) is 2.93. The third-order valence-electron chi connectivity index (χ3n) is 5.18. The molecule has 11 heteroatoms. The standard InChI is InChI=1S/C19H24N8O2S/c1-5-7-8-12-10(3)20-17-24-19(25-27(17)11(12)4)30-9-13-21-15-14(26(13)6-2)16(28)23-18(29)22-15/h5-9H2,1-4H3,(H2,22,23,28,29). The molecule has 10 nitrogen and oxygen atoms in total. The molecule has 158 valence electrons. The van der Waals surface area contributed by atoms with Crippen molar-refractivity contribution < 1.29 is 0 Å². The van der Waals surface area contributed by atoms with Crippen LogP contribution in [-0.4, -0.2) is 39.1 Å². The molecule has 4 aromatic heterocycles. The molecule has 0 aliphatic carbocycles. The number of hydrogen-bond donors (Lipinski definition) is 2. The van der Waals surface area contributed by atoms with Gasteiger partial charge in [-0.25, -0.2) is 19.3 Å². The van der Waals surface area contributed by atoms with Crippen molar-refractivity contribution in [2.75, 3.05) is 0 Å². The van der Waals surface area contributed by atoms with Gasteiger partial charge in [-0.15, -0.1) is 5.10 Å². The molecule has 0 unspecified atom stereocenters. The normalized spacial score (nSPS) is 11.7. The first-order chi connectivity index (χ1) is 14.4. The zero-order chi connectivity index (χ0) is 21.4. The summed E-state index contributed by atoms with van der Waals surface area (Å²) in [6.07, 6.45) is 3.22. The lowest BCUT2D eigenvalue weighted by Gasteiger charge is -2.09. The number of nitrogens with one attached hydrogen (secondary N) is 2. The Kier molecular flexibility index (Phi) is 5.46. The van der Waals surface area contributed by atoms with Gasteiger partial charge >= 0.3 is 5.69 Å². The van der Waals surface area contributed by atoms with E-state index in [0.717, 1.165) is 30.7 Å². The van der Waals surface area contributed by atoms with Gasteiger partial charge in [0.25, 0.3) is 11.3 Å². The maximum absolute atomic E-state index is 12.2. The van der Waals surface area contributed by atoms with Crippen LogP contribution in [-0.2, 0) is 18.7 Å². The summed E-state index contributed by atoms with van der Waals surface area (Å²) >= 11 is 1.42. The fourth-order valence-corrected chi connectivity index (χ4v) is 4.43. The van der Waals surface area contributed by atoms with Crippen molar-refractivity contribution in [3.05, 3.63) is 43.6 Å². The van der Waals surface area contributed by atoms with Crippen LogP contribution < -0.4 is 11.2 Å². The second-order valence-electron chi connectivity index (χ2n) is 7.14. The van der Waals surface area contributed by atoms with Crippen LogP contribution >= 0.6 is 11.8 Å². The molecule has 0 aliphatic rings. The van der Waals surface area contributed by atoms with E-state index >= 15 is 0 Å². The summed E-state index contributed by atoms with van der Waals surface area (Å²) < 4.78 is 3.59. The molecule has 0 aromatic carbocycles. The Hall–Kier alpha value is -2.95. The number of unbranched alkanes of at least 4 members (excludes halogenated alkanes) is 1. The third kappa shape index (κ3) is 3.53. The fourth-order valence-electron chi connectivity index (χ4n) is 3.66. The molecule has 30 heavy (non-hydrogen) atoms. The molecule has 0 saturated carbocycles. The summed E-state index contributed by atoms with van der Waals surface area (Å²) in [6, 6.07) is 0. The van der Waals surface area contributed by atoms with Crippen LogP contribution in [0, 0.1) is 13.8 Å². The van der Waals surface area contributed by atoms with Gasteiger partial charge in [-0.1, -0.05) is 25.1 Å². The number of nitrogens with zero attached hydrogens (tertiary/aromatic N) is 6. The van der Waals surface area contributed by atoms with E-state index in [0.29, 0.717) is 34.6 Å². The van der Waals surface area contributed by atoms with E-state index in [1.165, 1.54) is 17.3 Å². The highest BCUT2D eigenvalue weighted by Gasteiger charge is 2.17. The lowest BCUT2D eigenvalue weighted by atomic mass is 10.1. The van der Waals surface area contributed by atoms with Gasteiger partial charge < -0.3 is 4.57 Å². The Bertz CT molecular complexity index is 1350. The molecule has 0 amide bonds. The predicted octanol–water partition coefficient (Wildman–Crippen LogP) is 2.12. The van der Waals surface area contributed by atoms with Crippen molar-refractivity contribution in [1.29, 1.82) is 0 Å². The highest BCUT2D eigenvalue weighted by atomic mass is 32.2. The van der Waals surface area contributed by atoms with Gasteiger partial charge in [0, 0.05) is 17.9 Å². The SMILES string of the molecule is CCCCc1c(C)nc2nc(SCc3nc4[nH]c(=O)[nH]c(=O)c4n3CC)nn2c1C. The molecular weight excluding hydrogens is 404 g/mol. The Balaban J connectivity index is 1.66. The van der Waals surface area contributed by atoms with Crippen molar-refractivity contribution in [2.45, 2.75) is 64.4 Å². The fraction of sp³-hybridized carbons (Fsp3) is 0.474. The largest absolute Gasteiger partial charge is 0.327 e. The molecular formula is C19H24N8O2S. The summed E-state index contributed by atoms with van der Waals surface area (Å²) in [5.74, 6) is 1.72. The summed E-state index contributed by atoms with van der Waals surface area (Å²) in [6.45, 7) is 8.72. The number of rotatable bonds is 7. The van der Waals surface area contributed by atoms with Crippen molar-refractivity contribution in [3.63, 3.8) is 0 Å². The van der Waals surface area contributed by atoms with Gasteiger partial charge in [0.15, 0.2) is 11.2 Å². The highest BCUT2D eigenvalue weighted by Crippen LogP contribution is 2.23. The molecule has 0 bridgehead atoms. The van der Waals surface area contributed by atoms with Gasteiger partial charge in [-0.2, -0.15) is 4.98 Å². The maximum atomic E-state index is 12.2. The van der Waals surface area contributed by atoms with Gasteiger partial charge in [-0.05, 0) is 39.2 Å². The number of H-pyrrole nitrogens is 2. The van der Waals surface area contributed by atoms with E-state index in [4.69, 9.17) is 0 Å². The molecule has 2 N–H and O–H groups in total. The monoisotopic (exact) mass is 428 g/mol. The first kappa shape index (κ1) is 20.3. The second kappa shape index (κ2) is 8.05. The topological polar surface area (TPSA) is 127 Å². The van der Waals surface area contributed by atoms with E-state index in [9.17, 15) is 9.59 Å². The number of fused-ring (bicyclic) bond motifs is 2. The zero-order valence-electron chi connectivity index (χ0n) is 17.4. The van der Waals surface area contributed by atoms with E-state index in [-0.39, 0.29) is 5.65 Å². The molecule has 0 fully saturated rings. The molecule has 4 aromatic rings. The molecule has 0 saturated heterocycles. The molecule has 0 radical (unpaired) electrons. The van der Waals surface area contributed by atoms with E-state index in [1.54, 1.807) is 9.08 Å². The van der Waals surface area contributed by atoms with Crippen LogP contribution in [0.25, 0.3) is 16.9 Å². The average Bonchev–Trinajstić information content (AvgIpc) is 3.26. The minimum Gasteiger partial charge on any atom is -0.322 e. The minimum absolute atomic E-state index is 0.290. The third-order valence-corrected chi connectivity index (χ3v) is 6.01. The predicted molar refractivity (Wildman–Crippen MR) is 115 cm³/mol. The van der Waals surface area contributed by atoms with Crippen LogP contribution in [0.3, 0.4) is 0 Å². The van der Waals surface area contributed by atoms with Crippen molar-refractivity contribution in [1.82, 2.24) is 39.1 Å². The smallest absolute Gasteiger partial charge is 0.322 e. The average molecular weight is 429 g/mol. The minimum atomic E-state index is -0.565. The quantitative estimate of drug-likeness (QED) is 0.432. The van der Waals surface area contributed by atoms with Gasteiger partial charge in [0.05, 0.1) is 5.75 Å². The van der Waals surface area contributed by atoms with Crippen LogP contribution in [0.4, 0.5) is 0 Å². The number of aryl methyl sites for hydroxylation is 3. The Morgan fingerprint density at radius 2 is 1.87 bits per heavy atom. The Labute approximate surface area is 176 Å². The number of hydrogen-bond acceptors (Lipinski definition) is 7. The van der Waals surface area contributed by atoms with Gasteiger partial charge in [0.1, 0.15) is 5.82 Å². The van der Waals surface area contributed by atoms with E-state index in [2.05, 4.69) is 43.9 Å². The Morgan fingerprint density at radius 1 is 1.07 bits per heavy atom. The number of thioether (sulfide) groups is 1. The molecule has 0 spiro atoms. The number of imidazole rings is 1. The summed E-state index contributed by atoms with van der Waals surface area (Å²) in [4.78, 5) is 42.2. The number of aromatic amines is 2. The first-order valence-electron chi connectivity index (χ1n) is 10.00. The molecule has 4 heterocycles. The lowest BCUT2D eigenvalue weighted by Crippen LogP contribution is -2.23. The van der Waals surface area contributed by atoms with E-state index < -0.39 is 11.2 Å². The lowest BCUT2D eigenvalue weighted by molar-refractivity contribution is 0.743. The van der Waals surface area contributed by atoms with Crippen LogP contribution in [0.5, 0.6) is 0 Å². The second-order valence-corrected chi connectivity index (χ2v) is 8.08. The molecule has 4 rings (SSSR count).